The normalized spacial score (nSPS) is 22.5. The van der Waals surface area contributed by atoms with Crippen LogP contribution in [0, 0.1) is 0 Å². The summed E-state index contributed by atoms with van der Waals surface area (Å²) in [5.74, 6) is -2.30. The molecule has 0 spiro atoms. The summed E-state index contributed by atoms with van der Waals surface area (Å²) in [6.07, 6.45) is 5.74. The van der Waals surface area contributed by atoms with Crippen molar-refractivity contribution < 1.29 is 24.5 Å². The van der Waals surface area contributed by atoms with Crippen LogP contribution < -0.4 is 5.43 Å². The number of aliphatic hydroxyl groups is 1. The zero-order valence-electron chi connectivity index (χ0n) is 14.3. The number of rotatable bonds is 4. The standard InChI is InChI=1S/C18H18N4O5/c23-11-3-2-6-22(9-11)21-17-14(18(25)26)15(24)13(27-17)7-10-8-20-16-12(10)4-1-5-19-16/h1,4-5,7-8,11,21,23H,2-3,6,9H2,(H,19,20)(H,25,26)/b13-7-. The molecular formula is C18H18N4O5. The Hall–Kier alpha value is -3.17. The first kappa shape index (κ1) is 17.3. The number of nitrogens with zero attached hydrogens (tertiary/aromatic N) is 2. The van der Waals surface area contributed by atoms with Crippen molar-refractivity contribution in [2.45, 2.75) is 18.9 Å². The minimum atomic E-state index is -1.37. The first-order chi connectivity index (χ1) is 13.0. The number of aliphatic carboxylic acids is 1. The van der Waals surface area contributed by atoms with Crippen LogP contribution in [-0.2, 0) is 14.3 Å². The maximum atomic E-state index is 12.6. The van der Waals surface area contributed by atoms with Crippen LogP contribution in [0.3, 0.4) is 0 Å². The highest BCUT2D eigenvalue weighted by molar-refractivity contribution is 6.26. The maximum absolute atomic E-state index is 12.6. The van der Waals surface area contributed by atoms with Gasteiger partial charge in [-0.15, -0.1) is 0 Å². The molecule has 0 amide bonds. The predicted octanol–water partition coefficient (Wildman–Crippen LogP) is 0.761. The van der Waals surface area contributed by atoms with E-state index in [-0.39, 0.29) is 11.6 Å². The Kier molecular flexibility index (Phi) is 4.38. The number of carbonyl (C=O) groups excluding carboxylic acids is 1. The zero-order valence-corrected chi connectivity index (χ0v) is 14.3. The maximum Gasteiger partial charge on any atom is 0.345 e. The fraction of sp³-hybridized carbons (Fsp3) is 0.278. The van der Waals surface area contributed by atoms with Crippen molar-refractivity contribution in [2.24, 2.45) is 0 Å². The first-order valence-corrected chi connectivity index (χ1v) is 8.56. The first-order valence-electron chi connectivity index (χ1n) is 8.56. The van der Waals surface area contributed by atoms with Crippen molar-refractivity contribution in [1.29, 1.82) is 0 Å². The molecule has 0 aliphatic carbocycles. The van der Waals surface area contributed by atoms with E-state index < -0.39 is 23.4 Å². The molecule has 1 unspecified atom stereocenters. The number of hydrogen-bond acceptors (Lipinski definition) is 7. The molecule has 1 fully saturated rings. The highest BCUT2D eigenvalue weighted by Gasteiger charge is 2.37. The van der Waals surface area contributed by atoms with E-state index in [1.807, 2.05) is 6.07 Å². The number of carbonyl (C=O) groups is 2. The lowest BCUT2D eigenvalue weighted by Crippen LogP contribution is -2.46. The van der Waals surface area contributed by atoms with Crippen LogP contribution in [0.2, 0.25) is 0 Å². The Morgan fingerprint density at radius 2 is 2.33 bits per heavy atom. The predicted molar refractivity (Wildman–Crippen MR) is 94.8 cm³/mol. The van der Waals surface area contributed by atoms with Crippen molar-refractivity contribution >= 4 is 28.9 Å². The van der Waals surface area contributed by atoms with Crippen molar-refractivity contribution in [3.63, 3.8) is 0 Å². The Morgan fingerprint density at radius 3 is 3.11 bits per heavy atom. The number of ketones is 1. The van der Waals surface area contributed by atoms with Gasteiger partial charge in [0.15, 0.2) is 11.3 Å². The number of fused-ring (bicyclic) bond motifs is 1. The van der Waals surface area contributed by atoms with E-state index in [2.05, 4.69) is 15.4 Å². The molecule has 0 saturated carbocycles. The van der Waals surface area contributed by atoms with Gasteiger partial charge in [0.2, 0.25) is 11.7 Å². The summed E-state index contributed by atoms with van der Waals surface area (Å²) in [4.78, 5) is 31.3. The van der Waals surface area contributed by atoms with Crippen LogP contribution >= 0.6 is 0 Å². The number of aromatic nitrogens is 2. The molecule has 4 N–H and O–H groups in total. The number of β-amino-alcohol motifs (C(OH)–C–C–N with tert-alkyl or cyclic N) is 1. The molecule has 140 valence electrons. The summed E-state index contributed by atoms with van der Waals surface area (Å²) >= 11 is 0. The van der Waals surface area contributed by atoms with E-state index in [4.69, 9.17) is 4.74 Å². The molecule has 4 heterocycles. The number of carboxylic acids is 1. The second kappa shape index (κ2) is 6.86. The van der Waals surface area contributed by atoms with E-state index in [1.54, 1.807) is 23.5 Å². The van der Waals surface area contributed by atoms with Crippen LogP contribution in [0.25, 0.3) is 17.1 Å². The molecule has 2 aromatic rings. The van der Waals surface area contributed by atoms with E-state index in [1.165, 1.54) is 6.08 Å². The highest BCUT2D eigenvalue weighted by atomic mass is 16.5. The second-order valence-electron chi connectivity index (χ2n) is 6.45. The van der Waals surface area contributed by atoms with Gasteiger partial charge in [-0.05, 0) is 31.1 Å². The highest BCUT2D eigenvalue weighted by Crippen LogP contribution is 2.28. The summed E-state index contributed by atoms with van der Waals surface area (Å²) in [5, 5.41) is 21.6. The average Bonchev–Trinajstić information content (AvgIpc) is 3.17. The SMILES string of the molecule is O=C(O)C1=C(NN2CCCC(O)C2)O/C(=C\c2c[nH]c3ncccc23)C1=O. The van der Waals surface area contributed by atoms with E-state index in [9.17, 15) is 19.8 Å². The van der Waals surface area contributed by atoms with Gasteiger partial charge in [-0.2, -0.15) is 0 Å². The van der Waals surface area contributed by atoms with E-state index in [0.717, 1.165) is 11.8 Å². The fourth-order valence-electron chi connectivity index (χ4n) is 3.24. The van der Waals surface area contributed by atoms with E-state index in [0.29, 0.717) is 30.7 Å². The van der Waals surface area contributed by atoms with Crippen molar-refractivity contribution in [3.05, 3.63) is 47.3 Å². The molecule has 2 aliphatic rings. The minimum Gasteiger partial charge on any atom is -0.477 e. The molecule has 9 heteroatoms. The summed E-state index contributed by atoms with van der Waals surface area (Å²) in [7, 11) is 0. The van der Waals surface area contributed by atoms with Crippen LogP contribution in [0.15, 0.2) is 41.7 Å². The van der Waals surface area contributed by atoms with Gasteiger partial charge >= 0.3 is 5.97 Å². The van der Waals surface area contributed by atoms with Gasteiger partial charge in [0.25, 0.3) is 0 Å². The lowest BCUT2D eigenvalue weighted by molar-refractivity contribution is -0.134. The van der Waals surface area contributed by atoms with Crippen LogP contribution in [-0.4, -0.2) is 56.1 Å². The summed E-state index contributed by atoms with van der Waals surface area (Å²) in [5.41, 5.74) is 3.69. The molecule has 2 aliphatic heterocycles. The summed E-state index contributed by atoms with van der Waals surface area (Å²) in [6, 6.07) is 3.61. The Bertz CT molecular complexity index is 977. The number of aromatic amines is 1. The number of hydrazine groups is 1. The number of Topliss-reactive ketones (excluding diaryl/α,β-unsaturated/α-hetero) is 1. The molecule has 2 aromatic heterocycles. The number of piperidine rings is 1. The largest absolute Gasteiger partial charge is 0.477 e. The molecule has 9 nitrogen and oxygen atoms in total. The number of H-pyrrole nitrogens is 1. The monoisotopic (exact) mass is 370 g/mol. The van der Waals surface area contributed by atoms with Crippen molar-refractivity contribution in [3.8, 4) is 0 Å². The number of hydrogen-bond donors (Lipinski definition) is 4. The van der Waals surface area contributed by atoms with Gasteiger partial charge in [0, 0.05) is 36.4 Å². The molecule has 0 bridgehead atoms. The van der Waals surface area contributed by atoms with Crippen LogP contribution in [0.4, 0.5) is 0 Å². The zero-order chi connectivity index (χ0) is 19.0. The van der Waals surface area contributed by atoms with Crippen molar-refractivity contribution in [2.75, 3.05) is 13.1 Å². The quantitative estimate of drug-likeness (QED) is 0.459. The number of ether oxygens (including phenoxy) is 1. The van der Waals surface area contributed by atoms with Crippen LogP contribution in [0.1, 0.15) is 18.4 Å². The average molecular weight is 370 g/mol. The second-order valence-corrected chi connectivity index (χ2v) is 6.45. The molecule has 1 saturated heterocycles. The molecule has 4 rings (SSSR count). The van der Waals surface area contributed by atoms with Gasteiger partial charge in [-0.1, -0.05) is 0 Å². The third-order valence-electron chi connectivity index (χ3n) is 4.53. The smallest absolute Gasteiger partial charge is 0.345 e. The van der Waals surface area contributed by atoms with Gasteiger partial charge in [-0.3, -0.25) is 10.2 Å². The lowest BCUT2D eigenvalue weighted by Gasteiger charge is -2.30. The summed E-state index contributed by atoms with van der Waals surface area (Å²) < 4.78 is 5.55. The Morgan fingerprint density at radius 1 is 1.48 bits per heavy atom. The van der Waals surface area contributed by atoms with Gasteiger partial charge in [0.05, 0.1) is 6.10 Å². The topological polar surface area (TPSA) is 128 Å². The lowest BCUT2D eigenvalue weighted by atomic mass is 10.1. The number of aliphatic hydroxyl groups excluding tert-OH is 1. The molecule has 0 radical (unpaired) electrons. The number of pyridine rings is 1. The van der Waals surface area contributed by atoms with Gasteiger partial charge in [-0.25, -0.2) is 14.8 Å². The number of allylic oxidation sites excluding steroid dienone is 1. The van der Waals surface area contributed by atoms with Crippen molar-refractivity contribution in [1.82, 2.24) is 20.4 Å². The molecule has 0 aromatic carbocycles. The van der Waals surface area contributed by atoms with E-state index >= 15 is 0 Å². The Balaban J connectivity index is 1.62. The minimum absolute atomic E-state index is 0.0859. The molecule has 27 heavy (non-hydrogen) atoms. The number of carboxylic acid groups (broad SMARTS) is 1. The van der Waals surface area contributed by atoms with Crippen LogP contribution in [0.5, 0.6) is 0 Å². The molecule has 1 atom stereocenters. The third kappa shape index (κ3) is 3.29. The number of nitrogens with one attached hydrogen (secondary N) is 2. The third-order valence-corrected chi connectivity index (χ3v) is 4.53. The summed E-state index contributed by atoms with van der Waals surface area (Å²) in [6.45, 7) is 0.930. The van der Waals surface area contributed by atoms with Gasteiger partial charge in [0.1, 0.15) is 5.65 Å². The Labute approximate surface area is 153 Å². The molecular weight excluding hydrogens is 352 g/mol. The fourth-order valence-corrected chi connectivity index (χ4v) is 3.24. The van der Waals surface area contributed by atoms with Gasteiger partial charge < -0.3 is 19.9 Å².